The van der Waals surface area contributed by atoms with E-state index in [2.05, 4.69) is 15.0 Å². The monoisotopic (exact) mass is 220 g/mol. The van der Waals surface area contributed by atoms with Crippen molar-refractivity contribution in [3.8, 4) is 0 Å². The molecule has 15 heavy (non-hydrogen) atoms. The number of nitrogens with zero attached hydrogens (tertiary/aromatic N) is 3. The van der Waals surface area contributed by atoms with Crippen LogP contribution in [-0.2, 0) is 6.42 Å². The maximum absolute atomic E-state index is 6.01. The van der Waals surface area contributed by atoms with Crippen LogP contribution in [0.3, 0.4) is 0 Å². The van der Waals surface area contributed by atoms with Crippen LogP contribution in [0.25, 0.3) is 0 Å². The minimum Gasteiger partial charge on any atom is -0.322 e. The van der Waals surface area contributed by atoms with Gasteiger partial charge in [-0.2, -0.15) is 0 Å². The van der Waals surface area contributed by atoms with Crippen molar-refractivity contribution in [1.29, 1.82) is 0 Å². The third-order valence-electron chi connectivity index (χ3n) is 2.08. The highest BCUT2D eigenvalue weighted by Gasteiger charge is 2.09. The third-order valence-corrected chi connectivity index (χ3v) is 2.90. The van der Waals surface area contributed by atoms with Gasteiger partial charge in [0.25, 0.3) is 0 Å². The first-order valence-electron chi connectivity index (χ1n) is 4.68. The Morgan fingerprint density at radius 3 is 3.00 bits per heavy atom. The van der Waals surface area contributed by atoms with E-state index in [1.807, 2.05) is 18.4 Å². The number of nitrogens with two attached hydrogens (primary N) is 1. The van der Waals surface area contributed by atoms with E-state index >= 15 is 0 Å². The van der Waals surface area contributed by atoms with Gasteiger partial charge in [0.1, 0.15) is 6.33 Å². The normalized spacial score (nSPS) is 12.7. The van der Waals surface area contributed by atoms with Gasteiger partial charge in [-0.05, 0) is 13.0 Å². The Kier molecular flexibility index (Phi) is 3.03. The second-order valence-electron chi connectivity index (χ2n) is 3.30. The molecule has 4 nitrogen and oxygen atoms in total. The molecular formula is C10H12N4S. The summed E-state index contributed by atoms with van der Waals surface area (Å²) in [5.74, 6) is 0. The molecule has 0 aliphatic rings. The van der Waals surface area contributed by atoms with Crippen LogP contribution >= 0.6 is 11.3 Å². The van der Waals surface area contributed by atoms with Gasteiger partial charge in [0.2, 0.25) is 0 Å². The second kappa shape index (κ2) is 4.46. The lowest BCUT2D eigenvalue weighted by atomic mass is 10.1. The molecule has 0 aliphatic carbocycles. The van der Waals surface area contributed by atoms with Crippen molar-refractivity contribution < 1.29 is 0 Å². The van der Waals surface area contributed by atoms with Crippen molar-refractivity contribution in [1.82, 2.24) is 15.0 Å². The molecule has 2 N–H and O–H groups in total. The molecule has 0 aliphatic heterocycles. The van der Waals surface area contributed by atoms with E-state index in [4.69, 9.17) is 5.73 Å². The number of hydrogen-bond donors (Lipinski definition) is 1. The minimum absolute atomic E-state index is 0.102. The molecule has 2 aromatic rings. The average molecular weight is 220 g/mol. The van der Waals surface area contributed by atoms with Crippen LogP contribution in [0.4, 0.5) is 0 Å². The Morgan fingerprint density at radius 2 is 2.40 bits per heavy atom. The van der Waals surface area contributed by atoms with Gasteiger partial charge < -0.3 is 5.73 Å². The zero-order valence-electron chi connectivity index (χ0n) is 8.42. The van der Waals surface area contributed by atoms with E-state index in [0.29, 0.717) is 0 Å². The predicted molar refractivity (Wildman–Crippen MR) is 59.5 cm³/mol. The van der Waals surface area contributed by atoms with E-state index in [9.17, 15) is 0 Å². The first kappa shape index (κ1) is 10.2. The molecule has 2 aromatic heterocycles. The SMILES string of the molecule is Cc1nc(CC(N)c2ccncn2)cs1. The summed E-state index contributed by atoms with van der Waals surface area (Å²) in [7, 11) is 0. The van der Waals surface area contributed by atoms with Crippen molar-refractivity contribution in [3.05, 3.63) is 40.4 Å². The van der Waals surface area contributed by atoms with Crippen LogP contribution in [0, 0.1) is 6.92 Å². The topological polar surface area (TPSA) is 64.7 Å². The molecule has 0 saturated carbocycles. The van der Waals surface area contributed by atoms with Crippen molar-refractivity contribution in [2.45, 2.75) is 19.4 Å². The highest BCUT2D eigenvalue weighted by Crippen LogP contribution is 2.15. The molecule has 5 heteroatoms. The molecule has 0 fully saturated rings. The van der Waals surface area contributed by atoms with Gasteiger partial charge >= 0.3 is 0 Å². The van der Waals surface area contributed by atoms with Gasteiger partial charge in [-0.3, -0.25) is 0 Å². The van der Waals surface area contributed by atoms with Crippen LogP contribution in [0.15, 0.2) is 24.0 Å². The van der Waals surface area contributed by atoms with Crippen LogP contribution in [-0.4, -0.2) is 15.0 Å². The minimum atomic E-state index is -0.102. The summed E-state index contributed by atoms with van der Waals surface area (Å²) in [6, 6.07) is 1.73. The molecule has 2 rings (SSSR count). The fourth-order valence-electron chi connectivity index (χ4n) is 1.35. The predicted octanol–water partition coefficient (Wildman–Crippen LogP) is 1.48. The van der Waals surface area contributed by atoms with E-state index in [1.165, 1.54) is 6.33 Å². The summed E-state index contributed by atoms with van der Waals surface area (Å²) < 4.78 is 0. The van der Waals surface area contributed by atoms with E-state index < -0.39 is 0 Å². The Bertz CT molecular complexity index is 426. The average Bonchev–Trinajstić information content (AvgIpc) is 2.65. The maximum atomic E-state index is 6.01. The summed E-state index contributed by atoms with van der Waals surface area (Å²) in [5.41, 5.74) is 7.90. The molecule has 0 spiro atoms. The van der Waals surface area contributed by atoms with Gasteiger partial charge in [-0.25, -0.2) is 15.0 Å². The molecule has 2 heterocycles. The first-order chi connectivity index (χ1) is 7.25. The van der Waals surface area contributed by atoms with E-state index in [1.54, 1.807) is 17.5 Å². The summed E-state index contributed by atoms with van der Waals surface area (Å²) in [4.78, 5) is 12.4. The quantitative estimate of drug-likeness (QED) is 0.851. The van der Waals surface area contributed by atoms with E-state index in [-0.39, 0.29) is 6.04 Å². The molecule has 1 atom stereocenters. The lowest BCUT2D eigenvalue weighted by molar-refractivity contribution is 0.682. The number of aromatic nitrogens is 3. The fraction of sp³-hybridized carbons (Fsp3) is 0.300. The first-order valence-corrected chi connectivity index (χ1v) is 5.56. The highest BCUT2D eigenvalue weighted by atomic mass is 32.1. The molecule has 0 aromatic carbocycles. The summed E-state index contributed by atoms with van der Waals surface area (Å²) in [6.45, 7) is 1.99. The van der Waals surface area contributed by atoms with Crippen LogP contribution in [0.1, 0.15) is 22.4 Å². The van der Waals surface area contributed by atoms with Gasteiger partial charge in [0, 0.05) is 18.0 Å². The molecule has 0 amide bonds. The molecule has 0 bridgehead atoms. The standard InChI is InChI=1S/C10H12N4S/c1-7-14-8(5-15-7)4-9(11)10-2-3-12-6-13-10/h2-3,5-6,9H,4,11H2,1H3. The molecule has 0 radical (unpaired) electrons. The summed E-state index contributed by atoms with van der Waals surface area (Å²) in [6.07, 6.45) is 3.94. The van der Waals surface area contributed by atoms with Crippen molar-refractivity contribution in [2.24, 2.45) is 5.73 Å². The summed E-state index contributed by atoms with van der Waals surface area (Å²) in [5, 5.41) is 3.11. The molecular weight excluding hydrogens is 208 g/mol. The Labute approximate surface area is 92.2 Å². The van der Waals surface area contributed by atoms with Crippen molar-refractivity contribution in [2.75, 3.05) is 0 Å². The van der Waals surface area contributed by atoms with Gasteiger partial charge in [-0.15, -0.1) is 11.3 Å². The zero-order chi connectivity index (χ0) is 10.7. The lowest BCUT2D eigenvalue weighted by Gasteiger charge is -2.08. The number of aryl methyl sites for hydroxylation is 1. The molecule has 0 saturated heterocycles. The van der Waals surface area contributed by atoms with Crippen molar-refractivity contribution in [3.63, 3.8) is 0 Å². The summed E-state index contributed by atoms with van der Waals surface area (Å²) >= 11 is 1.64. The largest absolute Gasteiger partial charge is 0.322 e. The molecule has 78 valence electrons. The Morgan fingerprint density at radius 1 is 1.53 bits per heavy atom. The Balaban J connectivity index is 2.07. The number of thiazole rings is 1. The lowest BCUT2D eigenvalue weighted by Crippen LogP contribution is -2.15. The number of rotatable bonds is 3. The number of hydrogen-bond acceptors (Lipinski definition) is 5. The smallest absolute Gasteiger partial charge is 0.115 e. The maximum Gasteiger partial charge on any atom is 0.115 e. The molecule has 1 unspecified atom stereocenters. The van der Waals surface area contributed by atoms with Crippen LogP contribution in [0.2, 0.25) is 0 Å². The van der Waals surface area contributed by atoms with Gasteiger partial charge in [0.05, 0.1) is 22.4 Å². The van der Waals surface area contributed by atoms with E-state index in [0.717, 1.165) is 22.8 Å². The van der Waals surface area contributed by atoms with Crippen molar-refractivity contribution >= 4 is 11.3 Å². The van der Waals surface area contributed by atoms with Crippen LogP contribution in [0.5, 0.6) is 0 Å². The third kappa shape index (κ3) is 2.57. The Hall–Kier alpha value is -1.33. The highest BCUT2D eigenvalue weighted by molar-refractivity contribution is 7.09. The van der Waals surface area contributed by atoms with Gasteiger partial charge in [0.15, 0.2) is 0 Å². The fourth-order valence-corrected chi connectivity index (χ4v) is 1.98. The zero-order valence-corrected chi connectivity index (χ0v) is 9.24. The van der Waals surface area contributed by atoms with Gasteiger partial charge in [-0.1, -0.05) is 0 Å². The second-order valence-corrected chi connectivity index (χ2v) is 4.36. The van der Waals surface area contributed by atoms with Crippen LogP contribution < -0.4 is 5.73 Å².